The van der Waals surface area contributed by atoms with Crippen LogP contribution in [0.2, 0.25) is 5.02 Å². The molecular formula is C28H25ClFN3O6S. The number of nitrogen functional groups attached to an aromatic ring is 1. The predicted octanol–water partition coefficient (Wildman–Crippen LogP) is 5.82. The molecule has 208 valence electrons. The molecule has 1 heterocycles. The molecular weight excluding hydrogens is 561 g/mol. The average molecular weight is 586 g/mol. The first-order valence-corrected chi connectivity index (χ1v) is 14.5. The van der Waals surface area contributed by atoms with Crippen LogP contribution >= 0.6 is 11.6 Å². The standard InChI is InChI=1S/C28H25ClFN3O6S/c1-13-20(11-19(28(35)36)25(31)24(13)29)33(40(3,37)38)21-12-22-18(10-17(21)14-4-5-14)23(27(34)32-2)26(39-22)15-6-8-16(30)9-7-15/h6-12,14H,4-5,31H2,1-3H3,(H,32,34)(H,35,36). The molecule has 12 heteroatoms. The molecule has 1 aliphatic rings. The fraction of sp³-hybridized carbons (Fsp3) is 0.214. The predicted molar refractivity (Wildman–Crippen MR) is 152 cm³/mol. The van der Waals surface area contributed by atoms with Crippen molar-refractivity contribution >= 4 is 61.5 Å². The number of fused-ring (bicyclic) bond motifs is 1. The number of aromatic carboxylic acids is 1. The van der Waals surface area contributed by atoms with E-state index in [1.165, 1.54) is 43.4 Å². The second-order valence-corrected chi connectivity index (χ2v) is 11.9. The molecule has 1 saturated carbocycles. The minimum atomic E-state index is -4.07. The molecule has 4 aromatic rings. The Labute approximate surface area is 234 Å². The van der Waals surface area contributed by atoms with Gasteiger partial charge in [0.1, 0.15) is 17.2 Å². The van der Waals surface area contributed by atoms with Crippen molar-refractivity contribution in [1.29, 1.82) is 0 Å². The Morgan fingerprint density at radius 2 is 1.80 bits per heavy atom. The lowest BCUT2D eigenvalue weighted by atomic mass is 9.99. The second-order valence-electron chi connectivity index (χ2n) is 9.70. The molecule has 1 fully saturated rings. The Hall–Kier alpha value is -4.09. The van der Waals surface area contributed by atoms with Gasteiger partial charge in [-0.3, -0.25) is 4.79 Å². The highest BCUT2D eigenvalue weighted by molar-refractivity contribution is 7.92. The van der Waals surface area contributed by atoms with E-state index in [4.69, 9.17) is 21.8 Å². The summed E-state index contributed by atoms with van der Waals surface area (Å²) in [6.07, 6.45) is 2.58. The minimum absolute atomic E-state index is 0.00568. The molecule has 0 spiro atoms. The number of carbonyl (C=O) groups excluding carboxylic acids is 1. The van der Waals surface area contributed by atoms with Crippen LogP contribution in [0.4, 0.5) is 21.5 Å². The van der Waals surface area contributed by atoms with Crippen molar-refractivity contribution in [2.24, 2.45) is 0 Å². The molecule has 0 unspecified atom stereocenters. The van der Waals surface area contributed by atoms with Gasteiger partial charge in [0.25, 0.3) is 5.91 Å². The number of carboxylic acid groups (broad SMARTS) is 1. The quantitative estimate of drug-likeness (QED) is 0.232. The van der Waals surface area contributed by atoms with E-state index < -0.39 is 27.7 Å². The van der Waals surface area contributed by atoms with E-state index >= 15 is 0 Å². The highest BCUT2D eigenvalue weighted by atomic mass is 35.5. The molecule has 0 aliphatic heterocycles. The van der Waals surface area contributed by atoms with Crippen LogP contribution < -0.4 is 15.4 Å². The number of carboxylic acids is 1. The Bertz CT molecular complexity index is 1810. The number of halogens is 2. The average Bonchev–Trinajstić information content (AvgIpc) is 3.68. The van der Waals surface area contributed by atoms with Crippen LogP contribution in [0.3, 0.4) is 0 Å². The Morgan fingerprint density at radius 1 is 1.15 bits per heavy atom. The molecule has 1 amide bonds. The van der Waals surface area contributed by atoms with Crippen LogP contribution in [-0.2, 0) is 10.0 Å². The Kier molecular flexibility index (Phi) is 6.75. The number of benzene rings is 3. The number of carbonyl (C=O) groups is 2. The number of amides is 1. The Balaban J connectivity index is 1.84. The third-order valence-electron chi connectivity index (χ3n) is 6.94. The number of nitrogens with zero attached hydrogens (tertiary/aromatic N) is 1. The van der Waals surface area contributed by atoms with Crippen LogP contribution in [0.1, 0.15) is 50.6 Å². The normalized spacial score (nSPS) is 13.4. The van der Waals surface area contributed by atoms with E-state index in [-0.39, 0.29) is 56.0 Å². The van der Waals surface area contributed by atoms with Gasteiger partial charge < -0.3 is 20.6 Å². The van der Waals surface area contributed by atoms with E-state index in [1.54, 1.807) is 13.0 Å². The third-order valence-corrected chi connectivity index (χ3v) is 8.48. The topological polar surface area (TPSA) is 143 Å². The van der Waals surface area contributed by atoms with Crippen LogP contribution in [0.25, 0.3) is 22.3 Å². The van der Waals surface area contributed by atoms with Crippen LogP contribution in [0.5, 0.6) is 0 Å². The van der Waals surface area contributed by atoms with Crippen molar-refractivity contribution in [2.75, 3.05) is 23.3 Å². The van der Waals surface area contributed by atoms with Crippen molar-refractivity contribution in [3.63, 3.8) is 0 Å². The zero-order valence-electron chi connectivity index (χ0n) is 21.7. The van der Waals surface area contributed by atoms with Gasteiger partial charge in [0.2, 0.25) is 10.0 Å². The van der Waals surface area contributed by atoms with Gasteiger partial charge in [-0.1, -0.05) is 11.6 Å². The van der Waals surface area contributed by atoms with Gasteiger partial charge >= 0.3 is 5.97 Å². The second kappa shape index (κ2) is 9.83. The number of rotatable bonds is 7. The molecule has 40 heavy (non-hydrogen) atoms. The zero-order valence-corrected chi connectivity index (χ0v) is 23.3. The molecule has 4 N–H and O–H groups in total. The summed E-state index contributed by atoms with van der Waals surface area (Å²) >= 11 is 6.38. The summed E-state index contributed by atoms with van der Waals surface area (Å²) in [6, 6.07) is 9.90. The maximum absolute atomic E-state index is 13.6. The molecule has 3 aromatic carbocycles. The number of furan rings is 1. The smallest absolute Gasteiger partial charge is 0.337 e. The summed E-state index contributed by atoms with van der Waals surface area (Å²) in [4.78, 5) is 24.9. The third kappa shape index (κ3) is 4.65. The number of nitrogens with one attached hydrogen (secondary N) is 1. The maximum Gasteiger partial charge on any atom is 0.337 e. The molecule has 1 aliphatic carbocycles. The molecule has 0 atom stereocenters. The van der Waals surface area contributed by atoms with Crippen LogP contribution in [0, 0.1) is 12.7 Å². The highest BCUT2D eigenvalue weighted by Gasteiger charge is 2.35. The number of hydrogen-bond donors (Lipinski definition) is 3. The van der Waals surface area contributed by atoms with E-state index in [9.17, 15) is 27.5 Å². The molecule has 9 nitrogen and oxygen atoms in total. The van der Waals surface area contributed by atoms with Gasteiger partial charge in [-0.2, -0.15) is 0 Å². The maximum atomic E-state index is 13.6. The van der Waals surface area contributed by atoms with E-state index in [1.807, 2.05) is 0 Å². The van der Waals surface area contributed by atoms with E-state index in [2.05, 4.69) is 5.32 Å². The minimum Gasteiger partial charge on any atom is -0.478 e. The molecule has 0 bridgehead atoms. The SMILES string of the molecule is CNC(=O)c1c(-c2ccc(F)cc2)oc2cc(N(c3cc(C(=O)O)c(N)c(Cl)c3C)S(C)(=O)=O)c(C3CC3)cc12. The fourth-order valence-electron chi connectivity index (χ4n) is 4.83. The van der Waals surface area contributed by atoms with Crippen molar-refractivity contribution in [2.45, 2.75) is 25.7 Å². The van der Waals surface area contributed by atoms with Gasteiger partial charge in [0.15, 0.2) is 0 Å². The zero-order chi connectivity index (χ0) is 29.1. The highest BCUT2D eigenvalue weighted by Crippen LogP contribution is 2.50. The summed E-state index contributed by atoms with van der Waals surface area (Å²) in [5.41, 5.74) is 7.48. The first-order valence-electron chi connectivity index (χ1n) is 12.2. The van der Waals surface area contributed by atoms with Gasteiger partial charge in [0, 0.05) is 24.1 Å². The van der Waals surface area contributed by atoms with Gasteiger partial charge in [-0.25, -0.2) is 21.9 Å². The van der Waals surface area contributed by atoms with Crippen LogP contribution in [0.15, 0.2) is 46.9 Å². The number of nitrogens with two attached hydrogens (primary N) is 1. The molecule has 5 rings (SSSR count). The van der Waals surface area contributed by atoms with Gasteiger partial charge in [0.05, 0.1) is 39.5 Å². The molecule has 0 saturated heterocycles. The van der Waals surface area contributed by atoms with E-state index in [0.29, 0.717) is 16.5 Å². The van der Waals surface area contributed by atoms with Gasteiger partial charge in [-0.15, -0.1) is 0 Å². The Morgan fingerprint density at radius 3 is 2.35 bits per heavy atom. The van der Waals surface area contributed by atoms with Crippen molar-refractivity contribution in [1.82, 2.24) is 5.32 Å². The summed E-state index contributed by atoms with van der Waals surface area (Å²) in [6.45, 7) is 1.55. The van der Waals surface area contributed by atoms with Crippen molar-refractivity contribution in [3.05, 3.63) is 75.6 Å². The molecule has 0 radical (unpaired) electrons. The lowest BCUT2D eigenvalue weighted by Crippen LogP contribution is -2.27. The first-order chi connectivity index (χ1) is 18.8. The fourth-order valence-corrected chi connectivity index (χ4v) is 6.09. The largest absolute Gasteiger partial charge is 0.478 e. The summed E-state index contributed by atoms with van der Waals surface area (Å²) < 4.78 is 47.5. The first kappa shape index (κ1) is 27.5. The van der Waals surface area contributed by atoms with E-state index in [0.717, 1.165) is 23.4 Å². The summed E-state index contributed by atoms with van der Waals surface area (Å²) in [5.74, 6) is -2.06. The number of hydrogen-bond acceptors (Lipinski definition) is 6. The number of sulfonamides is 1. The lowest BCUT2D eigenvalue weighted by molar-refractivity contribution is 0.0697. The molecule has 1 aromatic heterocycles. The monoisotopic (exact) mass is 585 g/mol. The van der Waals surface area contributed by atoms with Crippen LogP contribution in [-0.4, -0.2) is 38.7 Å². The summed E-state index contributed by atoms with van der Waals surface area (Å²) in [7, 11) is -2.59. The van der Waals surface area contributed by atoms with Crippen molar-refractivity contribution < 1.29 is 31.9 Å². The van der Waals surface area contributed by atoms with Gasteiger partial charge in [-0.05, 0) is 73.2 Å². The summed E-state index contributed by atoms with van der Waals surface area (Å²) in [5, 5.41) is 12.7. The lowest BCUT2D eigenvalue weighted by Gasteiger charge is -2.28. The van der Waals surface area contributed by atoms with Crippen molar-refractivity contribution in [3.8, 4) is 11.3 Å². The number of anilines is 3.